The molecular weight excluding hydrogens is 242 g/mol. The largest absolute Gasteiger partial charge is 0.496 e. The third-order valence-corrected chi connectivity index (χ3v) is 2.23. The summed E-state index contributed by atoms with van der Waals surface area (Å²) in [5.41, 5.74) is 0.256. The molecule has 1 aromatic rings. The van der Waals surface area contributed by atoms with Crippen LogP contribution in [0.2, 0.25) is 0 Å². The van der Waals surface area contributed by atoms with Crippen molar-refractivity contribution in [2.24, 2.45) is 0 Å². The summed E-state index contributed by atoms with van der Waals surface area (Å²) < 4.78 is 4.93. The third-order valence-electron chi connectivity index (χ3n) is 1.99. The predicted octanol–water partition coefficient (Wildman–Crippen LogP) is 1.91. The zero-order valence-corrected chi connectivity index (χ0v) is 10.3. The summed E-state index contributed by atoms with van der Waals surface area (Å²) in [6.07, 6.45) is 0. The molecule has 17 heavy (non-hydrogen) atoms. The Balaban J connectivity index is 2.98. The molecule has 0 radical (unpaired) electrons. The summed E-state index contributed by atoms with van der Waals surface area (Å²) in [4.78, 5) is 10.4. The monoisotopic (exact) mass is 255 g/mol. The number of nitrogens with zero attached hydrogens (tertiary/aromatic N) is 1. The van der Waals surface area contributed by atoms with Crippen LogP contribution >= 0.6 is 12.2 Å². The van der Waals surface area contributed by atoms with Gasteiger partial charge in [0.2, 0.25) is 0 Å². The lowest BCUT2D eigenvalue weighted by Crippen LogP contribution is -2.28. The fourth-order valence-electron chi connectivity index (χ4n) is 1.22. The van der Waals surface area contributed by atoms with Crippen LogP contribution in [0.25, 0.3) is 0 Å². The first kappa shape index (κ1) is 13.2. The quantitative estimate of drug-likeness (QED) is 0.486. The second-order valence-electron chi connectivity index (χ2n) is 3.12. The van der Waals surface area contributed by atoms with Crippen LogP contribution in [0.4, 0.5) is 11.4 Å². The Hall–Kier alpha value is -1.89. The summed E-state index contributed by atoms with van der Waals surface area (Å²) in [5.74, 6) is 0.427. The van der Waals surface area contributed by atoms with Crippen LogP contribution in [0.15, 0.2) is 18.2 Å². The summed E-state index contributed by atoms with van der Waals surface area (Å²) in [5, 5.41) is 16.8. The SMILES string of the molecule is CCNC(=S)Nc1ccc(OC)cc1[N+](=O)[O-]. The van der Waals surface area contributed by atoms with Gasteiger partial charge in [0, 0.05) is 6.54 Å². The van der Waals surface area contributed by atoms with E-state index < -0.39 is 4.92 Å². The molecule has 0 saturated heterocycles. The van der Waals surface area contributed by atoms with Crippen LogP contribution in [0.1, 0.15) is 6.92 Å². The fourth-order valence-corrected chi connectivity index (χ4v) is 1.48. The Morgan fingerprint density at radius 1 is 1.59 bits per heavy atom. The molecule has 0 aliphatic heterocycles. The number of ether oxygens (including phenoxy) is 1. The number of hydrogen-bond donors (Lipinski definition) is 2. The smallest absolute Gasteiger partial charge is 0.296 e. The minimum Gasteiger partial charge on any atom is -0.496 e. The molecular formula is C10H13N3O3S. The number of rotatable bonds is 4. The van der Waals surface area contributed by atoms with E-state index in [0.29, 0.717) is 23.1 Å². The maximum Gasteiger partial charge on any atom is 0.296 e. The van der Waals surface area contributed by atoms with Gasteiger partial charge in [-0.05, 0) is 31.3 Å². The van der Waals surface area contributed by atoms with Crippen LogP contribution in [-0.2, 0) is 0 Å². The van der Waals surface area contributed by atoms with Gasteiger partial charge in [-0.3, -0.25) is 10.1 Å². The number of nitro groups is 1. The predicted molar refractivity (Wildman–Crippen MR) is 69.5 cm³/mol. The van der Waals surface area contributed by atoms with E-state index in [4.69, 9.17) is 17.0 Å². The van der Waals surface area contributed by atoms with Crippen molar-refractivity contribution in [1.82, 2.24) is 5.32 Å². The molecule has 1 rings (SSSR count). The van der Waals surface area contributed by atoms with Crippen molar-refractivity contribution in [1.29, 1.82) is 0 Å². The van der Waals surface area contributed by atoms with Crippen molar-refractivity contribution >= 4 is 28.7 Å². The lowest BCUT2D eigenvalue weighted by Gasteiger charge is -2.09. The van der Waals surface area contributed by atoms with Crippen molar-refractivity contribution in [2.45, 2.75) is 6.92 Å². The van der Waals surface area contributed by atoms with E-state index in [1.54, 1.807) is 12.1 Å². The Morgan fingerprint density at radius 2 is 2.29 bits per heavy atom. The highest BCUT2D eigenvalue weighted by Crippen LogP contribution is 2.28. The molecule has 2 N–H and O–H groups in total. The Morgan fingerprint density at radius 3 is 2.82 bits per heavy atom. The van der Waals surface area contributed by atoms with Gasteiger partial charge in [-0.1, -0.05) is 0 Å². The van der Waals surface area contributed by atoms with Crippen LogP contribution < -0.4 is 15.4 Å². The second kappa shape index (κ2) is 6.00. The van der Waals surface area contributed by atoms with Crippen molar-refractivity contribution in [3.05, 3.63) is 28.3 Å². The van der Waals surface area contributed by atoms with Crippen molar-refractivity contribution < 1.29 is 9.66 Å². The molecule has 0 aliphatic rings. The van der Waals surface area contributed by atoms with E-state index >= 15 is 0 Å². The molecule has 0 atom stereocenters. The molecule has 0 unspecified atom stereocenters. The lowest BCUT2D eigenvalue weighted by atomic mass is 10.2. The molecule has 92 valence electrons. The van der Waals surface area contributed by atoms with Crippen LogP contribution in [-0.4, -0.2) is 23.7 Å². The van der Waals surface area contributed by atoms with Crippen LogP contribution in [0.3, 0.4) is 0 Å². The number of benzene rings is 1. The highest BCUT2D eigenvalue weighted by molar-refractivity contribution is 7.80. The average molecular weight is 255 g/mol. The summed E-state index contributed by atoms with van der Waals surface area (Å²) in [6, 6.07) is 4.53. The molecule has 0 heterocycles. The zero-order chi connectivity index (χ0) is 12.8. The third kappa shape index (κ3) is 3.56. The van der Waals surface area contributed by atoms with Crippen molar-refractivity contribution in [2.75, 3.05) is 19.0 Å². The number of nitro benzene ring substituents is 1. The van der Waals surface area contributed by atoms with Gasteiger partial charge in [-0.25, -0.2) is 0 Å². The standard InChI is InChI=1S/C10H13N3O3S/c1-3-11-10(17)12-8-5-4-7(16-2)6-9(8)13(14)15/h4-6H,3H2,1-2H3,(H2,11,12,17). The van der Waals surface area contributed by atoms with Crippen LogP contribution in [0.5, 0.6) is 5.75 Å². The number of methoxy groups -OCH3 is 1. The number of nitrogens with one attached hydrogen (secondary N) is 2. The normalized spacial score (nSPS) is 9.53. The van der Waals surface area contributed by atoms with Gasteiger partial charge >= 0.3 is 0 Å². The second-order valence-corrected chi connectivity index (χ2v) is 3.53. The summed E-state index contributed by atoms with van der Waals surface area (Å²) >= 11 is 4.97. The summed E-state index contributed by atoms with van der Waals surface area (Å²) in [7, 11) is 1.45. The van der Waals surface area contributed by atoms with E-state index in [1.807, 2.05) is 6.92 Å². The number of hydrogen-bond acceptors (Lipinski definition) is 4. The van der Waals surface area contributed by atoms with Gasteiger partial charge in [0.05, 0.1) is 18.1 Å². The topological polar surface area (TPSA) is 76.4 Å². The Kier molecular flexibility index (Phi) is 4.65. The van der Waals surface area contributed by atoms with Gasteiger partial charge in [-0.2, -0.15) is 0 Å². The highest BCUT2D eigenvalue weighted by Gasteiger charge is 2.15. The highest BCUT2D eigenvalue weighted by atomic mass is 32.1. The number of thiocarbonyl (C=S) groups is 1. The van der Waals surface area contributed by atoms with Gasteiger partial charge in [0.15, 0.2) is 5.11 Å². The van der Waals surface area contributed by atoms with E-state index in [1.165, 1.54) is 13.2 Å². The first-order chi connectivity index (χ1) is 8.08. The maximum absolute atomic E-state index is 10.9. The molecule has 7 heteroatoms. The van der Waals surface area contributed by atoms with Gasteiger partial charge in [0.25, 0.3) is 5.69 Å². The minimum atomic E-state index is -0.487. The average Bonchev–Trinajstić information content (AvgIpc) is 2.29. The van der Waals surface area contributed by atoms with Gasteiger partial charge in [0.1, 0.15) is 11.4 Å². The van der Waals surface area contributed by atoms with E-state index in [0.717, 1.165) is 0 Å². The number of anilines is 1. The fraction of sp³-hybridized carbons (Fsp3) is 0.300. The van der Waals surface area contributed by atoms with Gasteiger partial charge < -0.3 is 15.4 Å². The zero-order valence-electron chi connectivity index (χ0n) is 9.52. The van der Waals surface area contributed by atoms with Gasteiger partial charge in [-0.15, -0.1) is 0 Å². The Bertz CT molecular complexity index is 437. The molecule has 6 nitrogen and oxygen atoms in total. The first-order valence-electron chi connectivity index (χ1n) is 4.95. The minimum absolute atomic E-state index is 0.0791. The molecule has 0 fully saturated rings. The summed E-state index contributed by atoms with van der Waals surface area (Å²) in [6.45, 7) is 2.53. The molecule has 0 aromatic heterocycles. The lowest BCUT2D eigenvalue weighted by molar-refractivity contribution is -0.384. The molecule has 0 saturated carbocycles. The Labute approximate surface area is 104 Å². The van der Waals surface area contributed by atoms with E-state index in [2.05, 4.69) is 10.6 Å². The van der Waals surface area contributed by atoms with E-state index in [-0.39, 0.29) is 5.69 Å². The molecule has 0 aliphatic carbocycles. The molecule has 0 spiro atoms. The van der Waals surface area contributed by atoms with E-state index in [9.17, 15) is 10.1 Å². The van der Waals surface area contributed by atoms with Crippen molar-refractivity contribution in [3.63, 3.8) is 0 Å². The van der Waals surface area contributed by atoms with Crippen molar-refractivity contribution in [3.8, 4) is 5.75 Å². The molecule has 0 bridgehead atoms. The van der Waals surface area contributed by atoms with Crippen LogP contribution in [0, 0.1) is 10.1 Å². The first-order valence-corrected chi connectivity index (χ1v) is 5.36. The molecule has 1 aromatic carbocycles. The molecule has 0 amide bonds. The maximum atomic E-state index is 10.9.